The van der Waals surface area contributed by atoms with Crippen LogP contribution in [0.3, 0.4) is 0 Å². The normalized spacial score (nSPS) is 11.3. The lowest BCUT2D eigenvalue weighted by atomic mass is 10.1. The van der Waals surface area contributed by atoms with E-state index in [9.17, 15) is 4.39 Å². The first-order valence-corrected chi connectivity index (χ1v) is 8.45. The number of rotatable bonds is 5. The van der Waals surface area contributed by atoms with Gasteiger partial charge < -0.3 is 15.8 Å². The van der Waals surface area contributed by atoms with E-state index in [1.54, 1.807) is 25.3 Å². The van der Waals surface area contributed by atoms with Crippen molar-refractivity contribution in [3.8, 4) is 0 Å². The van der Waals surface area contributed by atoms with Crippen LogP contribution in [0.15, 0.2) is 64.4 Å². The Morgan fingerprint density at radius 1 is 1.04 bits per heavy atom. The smallest absolute Gasteiger partial charge is 0.229 e. The molecule has 26 heavy (non-hydrogen) atoms. The van der Waals surface area contributed by atoms with E-state index in [4.69, 9.17) is 5.21 Å². The maximum atomic E-state index is 13.0. The maximum absolute atomic E-state index is 13.0. The molecule has 0 fully saturated rings. The Kier molecular flexibility index (Phi) is 5.43. The molecule has 0 aliphatic rings. The number of hydrogen-bond donors (Lipinski definition) is 3. The minimum Gasteiger partial charge on any atom is -0.411 e. The van der Waals surface area contributed by atoms with Crippen LogP contribution in [0.1, 0.15) is 12.5 Å². The molecule has 0 unspecified atom stereocenters. The summed E-state index contributed by atoms with van der Waals surface area (Å²) in [4.78, 5) is 8.65. The highest BCUT2D eigenvalue weighted by molar-refractivity contribution is 9.10. The molecule has 0 saturated heterocycles. The summed E-state index contributed by atoms with van der Waals surface area (Å²) >= 11 is 3.40. The molecule has 0 aliphatic carbocycles. The number of aromatic nitrogens is 2. The Balaban J connectivity index is 1.77. The van der Waals surface area contributed by atoms with Crippen molar-refractivity contribution in [3.63, 3.8) is 0 Å². The van der Waals surface area contributed by atoms with Gasteiger partial charge in [0.1, 0.15) is 11.6 Å². The van der Waals surface area contributed by atoms with Crippen LogP contribution in [-0.4, -0.2) is 20.9 Å². The van der Waals surface area contributed by atoms with Crippen molar-refractivity contribution >= 4 is 44.8 Å². The van der Waals surface area contributed by atoms with Crippen molar-refractivity contribution in [2.75, 3.05) is 10.6 Å². The van der Waals surface area contributed by atoms with Crippen molar-refractivity contribution in [2.45, 2.75) is 6.92 Å². The van der Waals surface area contributed by atoms with E-state index in [0.717, 1.165) is 11.3 Å². The van der Waals surface area contributed by atoms with Crippen LogP contribution in [-0.2, 0) is 0 Å². The third-order valence-corrected chi connectivity index (χ3v) is 4.14. The molecule has 8 heteroatoms. The summed E-state index contributed by atoms with van der Waals surface area (Å²) in [5.41, 5.74) is 2.84. The van der Waals surface area contributed by atoms with Crippen LogP contribution in [0.2, 0.25) is 0 Å². The van der Waals surface area contributed by atoms with Crippen LogP contribution in [0.5, 0.6) is 0 Å². The highest BCUT2D eigenvalue weighted by Crippen LogP contribution is 2.25. The summed E-state index contributed by atoms with van der Waals surface area (Å²) in [6.45, 7) is 1.72. The summed E-state index contributed by atoms with van der Waals surface area (Å²) < 4.78 is 13.7. The van der Waals surface area contributed by atoms with Gasteiger partial charge in [-0.2, -0.15) is 4.98 Å². The van der Waals surface area contributed by atoms with Gasteiger partial charge in [0.05, 0.1) is 10.2 Å². The lowest BCUT2D eigenvalue weighted by Gasteiger charge is -2.10. The fourth-order valence-corrected chi connectivity index (χ4v) is 2.46. The lowest BCUT2D eigenvalue weighted by Crippen LogP contribution is -2.02. The van der Waals surface area contributed by atoms with Crippen molar-refractivity contribution in [2.24, 2.45) is 5.16 Å². The van der Waals surface area contributed by atoms with E-state index in [0.29, 0.717) is 27.6 Å². The number of oxime groups is 1. The zero-order valence-corrected chi connectivity index (χ0v) is 15.3. The average Bonchev–Trinajstić information content (AvgIpc) is 2.66. The molecule has 132 valence electrons. The minimum atomic E-state index is -0.301. The Bertz CT molecular complexity index is 929. The molecule has 3 N–H and O–H groups in total. The van der Waals surface area contributed by atoms with Crippen LogP contribution in [0.25, 0.3) is 0 Å². The van der Waals surface area contributed by atoms with Crippen LogP contribution < -0.4 is 10.6 Å². The molecule has 0 bridgehead atoms. The summed E-state index contributed by atoms with van der Waals surface area (Å²) in [5, 5.41) is 18.2. The van der Waals surface area contributed by atoms with Crippen LogP contribution in [0, 0.1) is 5.82 Å². The van der Waals surface area contributed by atoms with Gasteiger partial charge in [0, 0.05) is 17.6 Å². The van der Waals surface area contributed by atoms with Crippen LogP contribution in [0.4, 0.5) is 27.5 Å². The monoisotopic (exact) mass is 415 g/mol. The molecule has 1 aromatic heterocycles. The Morgan fingerprint density at radius 3 is 2.31 bits per heavy atom. The van der Waals surface area contributed by atoms with Gasteiger partial charge in [-0.3, -0.25) is 0 Å². The van der Waals surface area contributed by atoms with Gasteiger partial charge in [-0.15, -0.1) is 0 Å². The van der Waals surface area contributed by atoms with Gasteiger partial charge >= 0.3 is 0 Å². The molecule has 6 nitrogen and oxygen atoms in total. The molecule has 0 saturated carbocycles. The van der Waals surface area contributed by atoms with Crippen LogP contribution >= 0.6 is 15.9 Å². The van der Waals surface area contributed by atoms with Crippen molar-refractivity contribution < 1.29 is 9.60 Å². The molecule has 2 aromatic carbocycles. The second-order valence-corrected chi connectivity index (χ2v) is 6.26. The van der Waals surface area contributed by atoms with Gasteiger partial charge in [-0.1, -0.05) is 17.3 Å². The second-order valence-electron chi connectivity index (χ2n) is 5.41. The number of hydrogen-bond acceptors (Lipinski definition) is 6. The third kappa shape index (κ3) is 4.34. The third-order valence-electron chi connectivity index (χ3n) is 3.56. The molecule has 0 radical (unpaired) electrons. The van der Waals surface area contributed by atoms with Gasteiger partial charge in [-0.25, -0.2) is 9.37 Å². The second kappa shape index (κ2) is 7.92. The fraction of sp³-hybridized carbons (Fsp3) is 0.0556. The molecular weight excluding hydrogens is 401 g/mol. The largest absolute Gasteiger partial charge is 0.411 e. The van der Waals surface area contributed by atoms with E-state index < -0.39 is 0 Å². The number of nitrogens with zero attached hydrogens (tertiary/aromatic N) is 3. The van der Waals surface area contributed by atoms with Gasteiger partial charge in [0.2, 0.25) is 5.95 Å². The molecule has 0 spiro atoms. The quantitative estimate of drug-likeness (QED) is 0.308. The first kappa shape index (κ1) is 17.8. The standard InChI is InChI=1S/C18H15BrFN5O/c1-11(25-26)12-2-6-15(7-3-12)23-18-21-10-16(19)17(24-18)22-14-8-4-13(20)5-9-14/h2-10,26H,1H3,(H2,21,22,23,24)/b25-11+. The molecule has 3 aromatic rings. The van der Waals surface area contributed by atoms with Gasteiger partial charge in [0.25, 0.3) is 0 Å². The van der Waals surface area contributed by atoms with E-state index in [1.807, 2.05) is 24.3 Å². The Morgan fingerprint density at radius 2 is 1.65 bits per heavy atom. The Labute approximate surface area is 157 Å². The highest BCUT2D eigenvalue weighted by atomic mass is 79.9. The summed E-state index contributed by atoms with van der Waals surface area (Å²) in [5.74, 6) is 0.650. The SMILES string of the molecule is C/C(=N\O)c1ccc(Nc2ncc(Br)c(Nc3ccc(F)cc3)n2)cc1. The highest BCUT2D eigenvalue weighted by Gasteiger charge is 2.07. The zero-order chi connectivity index (χ0) is 18.5. The van der Waals surface area contributed by atoms with Crippen molar-refractivity contribution in [1.29, 1.82) is 0 Å². The molecule has 0 amide bonds. The summed E-state index contributed by atoms with van der Waals surface area (Å²) in [6.07, 6.45) is 1.62. The number of anilines is 4. The topological polar surface area (TPSA) is 82.4 Å². The lowest BCUT2D eigenvalue weighted by molar-refractivity contribution is 0.319. The summed E-state index contributed by atoms with van der Waals surface area (Å²) in [7, 11) is 0. The molecule has 0 aliphatic heterocycles. The predicted octanol–water partition coefficient (Wildman–Crippen LogP) is 5.06. The van der Waals surface area contributed by atoms with Gasteiger partial charge in [-0.05, 0) is 64.8 Å². The van der Waals surface area contributed by atoms with Crippen molar-refractivity contribution in [1.82, 2.24) is 9.97 Å². The van der Waals surface area contributed by atoms with E-state index >= 15 is 0 Å². The first-order chi connectivity index (χ1) is 12.5. The number of nitrogens with one attached hydrogen (secondary N) is 2. The molecule has 0 atom stereocenters. The minimum absolute atomic E-state index is 0.301. The fourth-order valence-electron chi connectivity index (χ4n) is 2.17. The maximum Gasteiger partial charge on any atom is 0.229 e. The van der Waals surface area contributed by atoms with Crippen molar-refractivity contribution in [3.05, 3.63) is 70.6 Å². The molecule has 1 heterocycles. The van der Waals surface area contributed by atoms with E-state index in [-0.39, 0.29) is 5.82 Å². The zero-order valence-electron chi connectivity index (χ0n) is 13.7. The Hall–Kier alpha value is -3.00. The van der Waals surface area contributed by atoms with E-state index in [1.165, 1.54) is 12.1 Å². The van der Waals surface area contributed by atoms with E-state index in [2.05, 4.69) is 41.7 Å². The predicted molar refractivity (Wildman–Crippen MR) is 103 cm³/mol. The first-order valence-electron chi connectivity index (χ1n) is 7.66. The summed E-state index contributed by atoms with van der Waals surface area (Å²) in [6, 6.07) is 13.3. The van der Waals surface area contributed by atoms with Gasteiger partial charge in [0.15, 0.2) is 0 Å². The molecule has 3 rings (SSSR count). The average molecular weight is 416 g/mol. The number of halogens is 2. The number of benzene rings is 2. The molecular formula is C18H15BrFN5O.